The number of allylic oxidation sites excluding steroid dienone is 1. The zero-order valence-electron chi connectivity index (χ0n) is 22.9. The van der Waals surface area contributed by atoms with Crippen molar-refractivity contribution in [2.24, 2.45) is 19.2 Å². The molecule has 41 heavy (non-hydrogen) atoms. The van der Waals surface area contributed by atoms with Crippen LogP contribution in [0.3, 0.4) is 0 Å². The number of hydrogen-bond donors (Lipinski definition) is 1. The summed E-state index contributed by atoms with van der Waals surface area (Å²) >= 11 is 0. The van der Waals surface area contributed by atoms with Gasteiger partial charge in [-0.05, 0) is 61.4 Å². The lowest BCUT2D eigenvalue weighted by Crippen LogP contribution is -2.44. The van der Waals surface area contributed by atoms with Gasteiger partial charge in [0.25, 0.3) is 17.0 Å². The second-order valence-electron chi connectivity index (χ2n) is 9.85. The third-order valence-corrected chi connectivity index (χ3v) is 7.46. The molecule has 0 saturated heterocycles. The molecule has 1 amide bonds. The summed E-state index contributed by atoms with van der Waals surface area (Å²) in [6.07, 6.45) is 4.80. The zero-order chi connectivity index (χ0) is 29.0. The summed E-state index contributed by atoms with van der Waals surface area (Å²) < 4.78 is 4.14. The fourth-order valence-electron chi connectivity index (χ4n) is 5.19. The van der Waals surface area contributed by atoms with E-state index in [0.29, 0.717) is 55.4 Å². The second-order valence-corrected chi connectivity index (χ2v) is 9.85. The molecular formula is C31H26N6O4. The number of aromatic nitrogens is 4. The SMILES string of the molecule is Cc1c2c(n(C)c(=O)c1=CC=Cc1c(C)c3c(O)n(-c4ccccc4)nc3n(C)c1=O)=NN(c1ccccc1)C2=O. The topological polar surface area (TPSA) is 115 Å². The van der Waals surface area contributed by atoms with E-state index in [4.69, 9.17) is 0 Å². The number of rotatable bonds is 4. The van der Waals surface area contributed by atoms with Gasteiger partial charge in [0.2, 0.25) is 5.88 Å². The third kappa shape index (κ3) is 3.91. The lowest BCUT2D eigenvalue weighted by molar-refractivity contribution is 0.0994. The molecule has 1 aliphatic rings. The Balaban J connectivity index is 1.46. The molecule has 0 fully saturated rings. The number of carbonyl (C=O) groups excluding carboxylic acids is 1. The Morgan fingerprint density at radius 3 is 2.10 bits per heavy atom. The number of nitrogens with zero attached hydrogens (tertiary/aromatic N) is 6. The molecule has 1 N–H and O–H groups in total. The van der Waals surface area contributed by atoms with Crippen molar-refractivity contribution in [3.05, 3.63) is 120 Å². The van der Waals surface area contributed by atoms with Gasteiger partial charge in [0.1, 0.15) is 0 Å². The summed E-state index contributed by atoms with van der Waals surface area (Å²) in [4.78, 5) is 39.9. The van der Waals surface area contributed by atoms with E-state index in [1.165, 1.54) is 18.8 Å². The molecule has 0 bridgehead atoms. The molecule has 6 rings (SSSR count). The molecule has 2 aromatic carbocycles. The van der Waals surface area contributed by atoms with E-state index in [2.05, 4.69) is 10.2 Å². The number of aromatic hydroxyl groups is 1. The van der Waals surface area contributed by atoms with Crippen molar-refractivity contribution in [1.29, 1.82) is 0 Å². The van der Waals surface area contributed by atoms with E-state index in [9.17, 15) is 19.5 Å². The van der Waals surface area contributed by atoms with Crippen molar-refractivity contribution in [2.75, 3.05) is 5.01 Å². The summed E-state index contributed by atoms with van der Waals surface area (Å²) in [5.74, 6) is -0.398. The van der Waals surface area contributed by atoms with Gasteiger partial charge in [-0.25, -0.2) is 0 Å². The first-order valence-electron chi connectivity index (χ1n) is 12.9. The fourth-order valence-corrected chi connectivity index (χ4v) is 5.19. The highest BCUT2D eigenvalue weighted by Gasteiger charge is 2.29. The summed E-state index contributed by atoms with van der Waals surface area (Å²) in [6.45, 7) is 3.46. The van der Waals surface area contributed by atoms with Crippen LogP contribution >= 0.6 is 0 Å². The molecule has 0 atom stereocenters. The Labute approximate surface area is 233 Å². The van der Waals surface area contributed by atoms with Crippen LogP contribution in [0.1, 0.15) is 27.0 Å². The highest BCUT2D eigenvalue weighted by molar-refractivity contribution is 6.08. The average Bonchev–Trinajstić information content (AvgIpc) is 3.52. The zero-order valence-corrected chi connectivity index (χ0v) is 22.9. The highest BCUT2D eigenvalue weighted by atomic mass is 16.3. The fraction of sp³-hybridized carbons (Fsp3) is 0.129. The molecule has 204 valence electrons. The maximum atomic E-state index is 13.3. The summed E-state index contributed by atoms with van der Waals surface area (Å²) in [6, 6.07) is 18.2. The second kappa shape index (κ2) is 9.60. The monoisotopic (exact) mass is 546 g/mol. The van der Waals surface area contributed by atoms with Gasteiger partial charge in [-0.2, -0.15) is 9.69 Å². The van der Waals surface area contributed by atoms with E-state index in [1.807, 2.05) is 48.5 Å². The largest absolute Gasteiger partial charge is 0.493 e. The maximum absolute atomic E-state index is 13.3. The number of benzene rings is 2. The van der Waals surface area contributed by atoms with Crippen molar-refractivity contribution in [1.82, 2.24) is 18.9 Å². The highest BCUT2D eigenvalue weighted by Crippen LogP contribution is 2.30. The van der Waals surface area contributed by atoms with Crippen molar-refractivity contribution in [2.45, 2.75) is 13.8 Å². The molecule has 10 nitrogen and oxygen atoms in total. The Bertz CT molecular complexity index is 2160. The Morgan fingerprint density at radius 1 is 0.805 bits per heavy atom. The lowest BCUT2D eigenvalue weighted by atomic mass is 10.1. The van der Waals surface area contributed by atoms with Gasteiger partial charge >= 0.3 is 0 Å². The van der Waals surface area contributed by atoms with E-state index in [-0.39, 0.29) is 22.9 Å². The number of fused-ring (bicyclic) bond motifs is 2. The molecule has 0 aliphatic carbocycles. The van der Waals surface area contributed by atoms with E-state index >= 15 is 0 Å². The first-order chi connectivity index (χ1) is 19.7. The van der Waals surface area contributed by atoms with Crippen LogP contribution < -0.4 is 26.8 Å². The van der Waals surface area contributed by atoms with Crippen LogP contribution in [0.2, 0.25) is 0 Å². The quantitative estimate of drug-likeness (QED) is 0.372. The molecule has 5 aromatic rings. The minimum Gasteiger partial charge on any atom is -0.493 e. The van der Waals surface area contributed by atoms with E-state index < -0.39 is 0 Å². The number of amides is 1. The van der Waals surface area contributed by atoms with Crippen LogP contribution in [0.25, 0.3) is 28.9 Å². The van der Waals surface area contributed by atoms with Gasteiger partial charge in [0.05, 0.1) is 22.3 Å². The van der Waals surface area contributed by atoms with E-state index in [0.717, 1.165) is 0 Å². The Morgan fingerprint density at radius 2 is 1.44 bits per heavy atom. The normalized spacial score (nSPS) is 13.4. The molecule has 4 heterocycles. The number of aryl methyl sites for hydroxylation is 2. The molecule has 1 aliphatic heterocycles. The molecular weight excluding hydrogens is 520 g/mol. The van der Waals surface area contributed by atoms with Gasteiger partial charge in [-0.15, -0.1) is 10.2 Å². The molecule has 3 aromatic heterocycles. The van der Waals surface area contributed by atoms with Crippen LogP contribution in [0.4, 0.5) is 5.69 Å². The van der Waals surface area contributed by atoms with Crippen molar-refractivity contribution < 1.29 is 9.90 Å². The first kappa shape index (κ1) is 25.8. The molecule has 0 radical (unpaired) electrons. The third-order valence-electron chi connectivity index (χ3n) is 7.46. The standard InChI is InChI=1S/C31H26N6O4/c1-18-22(28(38)34(3)26-24(18)30(40)36(32-26)20-12-7-5-8-13-20)16-11-17-23-19(2)25-27(35(4)29(23)39)33-37(31(25)41)21-14-9-6-10-15-21/h5-17,40H,1-4H3. The van der Waals surface area contributed by atoms with Crippen molar-refractivity contribution in [3.63, 3.8) is 0 Å². The van der Waals surface area contributed by atoms with Crippen LogP contribution in [0.15, 0.2) is 81.4 Å². The van der Waals surface area contributed by atoms with Crippen molar-refractivity contribution >= 4 is 34.8 Å². The molecule has 0 saturated carbocycles. The number of para-hydroxylation sites is 2. The number of anilines is 1. The van der Waals surface area contributed by atoms with Crippen molar-refractivity contribution in [3.8, 4) is 11.6 Å². The van der Waals surface area contributed by atoms with E-state index in [1.54, 1.807) is 58.3 Å². The first-order valence-corrected chi connectivity index (χ1v) is 12.9. The Kier molecular flexibility index (Phi) is 6.03. The minimum atomic E-state index is -0.320. The molecule has 10 heteroatoms. The lowest BCUT2D eigenvalue weighted by Gasteiger charge is -2.11. The summed E-state index contributed by atoms with van der Waals surface area (Å²) in [5, 5.41) is 22.0. The summed E-state index contributed by atoms with van der Waals surface area (Å²) in [7, 11) is 3.18. The maximum Gasteiger partial charge on any atom is 0.282 e. The smallest absolute Gasteiger partial charge is 0.282 e. The van der Waals surface area contributed by atoms with Gasteiger partial charge in [0.15, 0.2) is 11.1 Å². The number of hydrogen-bond acceptors (Lipinski definition) is 6. The predicted octanol–water partition coefficient (Wildman–Crippen LogP) is 2.43. The minimum absolute atomic E-state index is 0.0773. The number of carbonyl (C=O) groups is 1. The van der Waals surface area contributed by atoms with Crippen LogP contribution in [0, 0.1) is 13.8 Å². The molecule has 0 unspecified atom stereocenters. The van der Waals surface area contributed by atoms with Crippen LogP contribution in [0.5, 0.6) is 5.88 Å². The predicted molar refractivity (Wildman–Crippen MR) is 157 cm³/mol. The average molecular weight is 547 g/mol. The summed E-state index contributed by atoms with van der Waals surface area (Å²) in [5.41, 5.74) is 3.04. The van der Waals surface area contributed by atoms with Gasteiger partial charge < -0.3 is 5.11 Å². The van der Waals surface area contributed by atoms with Gasteiger partial charge in [-0.3, -0.25) is 23.5 Å². The molecule has 0 spiro atoms. The van der Waals surface area contributed by atoms with Gasteiger partial charge in [0, 0.05) is 24.9 Å². The van der Waals surface area contributed by atoms with Gasteiger partial charge in [-0.1, -0.05) is 42.5 Å². The van der Waals surface area contributed by atoms with Crippen LogP contribution in [-0.2, 0) is 14.1 Å². The Hall–Kier alpha value is -5.51. The van der Waals surface area contributed by atoms with Crippen LogP contribution in [-0.4, -0.2) is 29.9 Å². The number of pyridine rings is 2.